The van der Waals surface area contributed by atoms with Crippen LogP contribution in [-0.2, 0) is 0 Å². The lowest BCUT2D eigenvalue weighted by Crippen LogP contribution is -2.26. The molecule has 0 radical (unpaired) electrons. The highest BCUT2D eigenvalue weighted by Gasteiger charge is 2.15. The van der Waals surface area contributed by atoms with Crippen molar-refractivity contribution in [2.24, 2.45) is 0 Å². The molecule has 0 bridgehead atoms. The van der Waals surface area contributed by atoms with E-state index in [-0.39, 0.29) is 0 Å². The molecule has 14 heavy (non-hydrogen) atoms. The van der Waals surface area contributed by atoms with Gasteiger partial charge in [-0.2, -0.15) is 0 Å². The summed E-state index contributed by atoms with van der Waals surface area (Å²) >= 11 is 5.94. The summed E-state index contributed by atoms with van der Waals surface area (Å²) in [4.78, 5) is 0. The highest BCUT2D eigenvalue weighted by molar-refractivity contribution is 14.1. The molecular formula is C8H5BI2O2S. The van der Waals surface area contributed by atoms with E-state index in [4.69, 9.17) is 10.0 Å². The van der Waals surface area contributed by atoms with E-state index in [2.05, 4.69) is 57.3 Å². The average Bonchev–Trinajstić information content (AvgIpc) is 2.47. The van der Waals surface area contributed by atoms with Crippen molar-refractivity contribution in [3.63, 3.8) is 0 Å². The first-order valence-corrected chi connectivity index (χ1v) is 6.80. The molecule has 1 aromatic heterocycles. The number of hydrogen-bond donors (Lipinski definition) is 2. The molecule has 0 spiro atoms. The van der Waals surface area contributed by atoms with Gasteiger partial charge >= 0.3 is 7.12 Å². The number of benzene rings is 1. The van der Waals surface area contributed by atoms with Crippen molar-refractivity contribution >= 4 is 78.5 Å². The molecule has 0 saturated heterocycles. The zero-order valence-corrected chi connectivity index (χ0v) is 12.0. The van der Waals surface area contributed by atoms with E-state index in [0.717, 1.165) is 13.7 Å². The van der Waals surface area contributed by atoms with Gasteiger partial charge in [-0.1, -0.05) is 0 Å². The SMILES string of the molecule is OB(O)c1cc2c(I)cc(I)cc2s1. The Kier molecular flexibility index (Phi) is 3.37. The molecule has 1 heterocycles. The monoisotopic (exact) mass is 430 g/mol. The van der Waals surface area contributed by atoms with Crippen LogP contribution < -0.4 is 4.78 Å². The molecule has 0 unspecified atom stereocenters. The van der Waals surface area contributed by atoms with E-state index in [9.17, 15) is 0 Å². The summed E-state index contributed by atoms with van der Waals surface area (Å²) < 4.78 is 4.01. The van der Waals surface area contributed by atoms with Gasteiger partial charge in [0.25, 0.3) is 0 Å². The maximum absolute atomic E-state index is 9.05. The van der Waals surface area contributed by atoms with Crippen LogP contribution in [0.2, 0.25) is 0 Å². The van der Waals surface area contributed by atoms with E-state index in [0.29, 0.717) is 4.78 Å². The van der Waals surface area contributed by atoms with Crippen molar-refractivity contribution in [3.05, 3.63) is 25.3 Å². The van der Waals surface area contributed by atoms with Crippen molar-refractivity contribution < 1.29 is 10.0 Å². The molecule has 2 aromatic rings. The van der Waals surface area contributed by atoms with Gasteiger partial charge in [0, 0.05) is 22.0 Å². The second-order valence-electron chi connectivity index (χ2n) is 2.82. The third-order valence-corrected chi connectivity index (χ3v) is 4.46. The Labute approximate surface area is 113 Å². The quantitative estimate of drug-likeness (QED) is 0.536. The molecule has 6 heteroatoms. The molecule has 2 rings (SSSR count). The van der Waals surface area contributed by atoms with Crippen LogP contribution in [0.25, 0.3) is 10.1 Å². The third kappa shape index (κ3) is 2.08. The summed E-state index contributed by atoms with van der Waals surface area (Å²) in [6.07, 6.45) is 0. The first-order valence-electron chi connectivity index (χ1n) is 3.82. The van der Waals surface area contributed by atoms with Crippen molar-refractivity contribution in [2.45, 2.75) is 0 Å². The van der Waals surface area contributed by atoms with Gasteiger partial charge in [0.2, 0.25) is 0 Å². The first-order chi connectivity index (χ1) is 6.58. The van der Waals surface area contributed by atoms with E-state index in [1.54, 1.807) is 0 Å². The molecule has 1 aromatic carbocycles. The predicted molar refractivity (Wildman–Crippen MR) is 77.1 cm³/mol. The molecule has 2 nitrogen and oxygen atoms in total. The Morgan fingerprint density at radius 1 is 1.14 bits per heavy atom. The third-order valence-electron chi connectivity index (χ3n) is 1.83. The normalized spacial score (nSPS) is 10.9. The maximum Gasteiger partial charge on any atom is 0.499 e. The summed E-state index contributed by atoms with van der Waals surface area (Å²) in [7, 11) is -1.36. The predicted octanol–water partition coefficient (Wildman–Crippen LogP) is 1.79. The number of fused-ring (bicyclic) bond motifs is 1. The molecule has 0 aliphatic heterocycles. The van der Waals surface area contributed by atoms with Crippen LogP contribution >= 0.6 is 56.5 Å². The Morgan fingerprint density at radius 2 is 1.86 bits per heavy atom. The smallest absolute Gasteiger partial charge is 0.423 e. The molecule has 0 aliphatic carbocycles. The Morgan fingerprint density at radius 3 is 2.50 bits per heavy atom. The molecule has 2 N–H and O–H groups in total. The van der Waals surface area contributed by atoms with E-state index >= 15 is 0 Å². The van der Waals surface area contributed by atoms with Crippen LogP contribution in [0.1, 0.15) is 0 Å². The molecule has 0 atom stereocenters. The molecule has 72 valence electrons. The fourth-order valence-corrected chi connectivity index (χ4v) is 4.61. The minimum absolute atomic E-state index is 0.597. The van der Waals surface area contributed by atoms with Crippen LogP contribution in [0.15, 0.2) is 18.2 Å². The van der Waals surface area contributed by atoms with Crippen molar-refractivity contribution in [1.29, 1.82) is 0 Å². The van der Waals surface area contributed by atoms with Gasteiger partial charge in [-0.25, -0.2) is 0 Å². The zero-order valence-electron chi connectivity index (χ0n) is 6.87. The lowest BCUT2D eigenvalue weighted by atomic mass is 9.89. The topological polar surface area (TPSA) is 40.5 Å². The fourth-order valence-electron chi connectivity index (χ4n) is 1.21. The van der Waals surface area contributed by atoms with E-state index in [1.165, 1.54) is 14.9 Å². The van der Waals surface area contributed by atoms with Gasteiger partial charge in [0.1, 0.15) is 0 Å². The molecule has 0 saturated carbocycles. The van der Waals surface area contributed by atoms with Gasteiger partial charge < -0.3 is 10.0 Å². The Balaban J connectivity index is 2.70. The van der Waals surface area contributed by atoms with Crippen molar-refractivity contribution in [3.8, 4) is 0 Å². The molecule has 0 fully saturated rings. The van der Waals surface area contributed by atoms with Gasteiger partial charge in [-0.05, 0) is 63.4 Å². The van der Waals surface area contributed by atoms with Crippen LogP contribution in [0.3, 0.4) is 0 Å². The van der Waals surface area contributed by atoms with Crippen LogP contribution in [0.4, 0.5) is 0 Å². The van der Waals surface area contributed by atoms with E-state index in [1.807, 2.05) is 6.07 Å². The van der Waals surface area contributed by atoms with Gasteiger partial charge in [-0.15, -0.1) is 11.3 Å². The van der Waals surface area contributed by atoms with Gasteiger partial charge in [0.15, 0.2) is 0 Å². The fraction of sp³-hybridized carbons (Fsp3) is 0. The van der Waals surface area contributed by atoms with E-state index < -0.39 is 7.12 Å². The van der Waals surface area contributed by atoms with Gasteiger partial charge in [-0.3, -0.25) is 0 Å². The summed E-state index contributed by atoms with van der Waals surface area (Å²) in [6.45, 7) is 0. The number of halogens is 2. The van der Waals surface area contributed by atoms with Gasteiger partial charge in [0.05, 0.1) is 0 Å². The standard InChI is InChI=1S/C8H5BI2O2S/c10-4-1-6(11)5-3-8(9(12)13)14-7(5)2-4/h1-3,12-13H. The van der Waals surface area contributed by atoms with Crippen LogP contribution in [0, 0.1) is 7.14 Å². The second-order valence-corrected chi connectivity index (χ2v) is 6.35. The number of thiophene rings is 1. The van der Waals surface area contributed by atoms with Crippen LogP contribution in [-0.4, -0.2) is 17.2 Å². The summed E-state index contributed by atoms with van der Waals surface area (Å²) in [6, 6.07) is 5.96. The molecule has 0 aliphatic rings. The highest BCUT2D eigenvalue weighted by atomic mass is 127. The average molecular weight is 430 g/mol. The maximum atomic E-state index is 9.05. The molecule has 0 amide bonds. The lowest BCUT2D eigenvalue weighted by Gasteiger charge is -1.94. The number of hydrogen-bond acceptors (Lipinski definition) is 3. The Hall–Kier alpha value is 0.625. The second kappa shape index (κ2) is 4.24. The van der Waals surface area contributed by atoms with Crippen molar-refractivity contribution in [2.75, 3.05) is 0 Å². The summed E-state index contributed by atoms with van der Waals surface area (Å²) in [5, 5.41) is 19.2. The van der Waals surface area contributed by atoms with Crippen LogP contribution in [0.5, 0.6) is 0 Å². The Bertz CT molecular complexity index is 483. The molecular weight excluding hydrogens is 425 g/mol. The largest absolute Gasteiger partial charge is 0.499 e. The minimum atomic E-state index is -1.36. The lowest BCUT2D eigenvalue weighted by molar-refractivity contribution is 0.427. The first kappa shape index (κ1) is 11.1. The van der Waals surface area contributed by atoms with Crippen molar-refractivity contribution in [1.82, 2.24) is 0 Å². The number of rotatable bonds is 1. The summed E-state index contributed by atoms with van der Waals surface area (Å²) in [5.74, 6) is 0. The summed E-state index contributed by atoms with van der Waals surface area (Å²) in [5.41, 5.74) is 0. The highest BCUT2D eigenvalue weighted by Crippen LogP contribution is 2.26. The minimum Gasteiger partial charge on any atom is -0.423 e. The zero-order chi connectivity index (χ0) is 10.3.